The summed E-state index contributed by atoms with van der Waals surface area (Å²) in [6.45, 7) is 5.87. The number of Topliss-reactive ketones (excluding diaryl/α,β-unsaturated/α-hetero) is 1. The molecule has 1 aromatic rings. The van der Waals surface area contributed by atoms with Crippen LogP contribution in [-0.4, -0.2) is 35.4 Å². The van der Waals surface area contributed by atoms with E-state index in [0.29, 0.717) is 24.0 Å². The van der Waals surface area contributed by atoms with Crippen LogP contribution in [0.1, 0.15) is 82.8 Å². The van der Waals surface area contributed by atoms with Crippen LogP contribution in [0.2, 0.25) is 0 Å². The van der Waals surface area contributed by atoms with Crippen molar-refractivity contribution in [1.29, 1.82) is 0 Å². The number of benzene rings is 1. The number of hydrogen-bond donors (Lipinski definition) is 1. The molecule has 2 bridgehead atoms. The van der Waals surface area contributed by atoms with Gasteiger partial charge in [0.25, 0.3) is 0 Å². The Kier molecular flexibility index (Phi) is 5.33. The fourth-order valence-electron chi connectivity index (χ4n) is 6.61. The quantitative estimate of drug-likeness (QED) is 0.731. The number of fused-ring (bicyclic) bond motifs is 4. The molecule has 1 heterocycles. The van der Waals surface area contributed by atoms with Gasteiger partial charge in [0, 0.05) is 24.3 Å². The van der Waals surface area contributed by atoms with Crippen molar-refractivity contribution in [2.45, 2.75) is 89.5 Å². The molecule has 1 aliphatic heterocycles. The van der Waals surface area contributed by atoms with Crippen molar-refractivity contribution >= 4 is 5.78 Å². The number of aromatic hydroxyl groups is 1. The predicted octanol–water partition coefficient (Wildman–Crippen LogP) is 5.24. The van der Waals surface area contributed by atoms with Gasteiger partial charge in [-0.25, -0.2) is 0 Å². The van der Waals surface area contributed by atoms with Crippen LogP contribution >= 0.6 is 0 Å². The SMILES string of the molecule is CN1CC[C@@]2(C)c3cc(O)ccc3C[C@@H]1[C@@]2(C)CCC(=O)CCC1CCCC1. The van der Waals surface area contributed by atoms with Crippen LogP contribution in [0.4, 0.5) is 0 Å². The number of likely N-dealkylation sites (N-methyl/N-ethyl adjacent to an activating group) is 1. The summed E-state index contributed by atoms with van der Waals surface area (Å²) in [6.07, 6.45) is 11.0. The summed E-state index contributed by atoms with van der Waals surface area (Å²) in [5.41, 5.74) is 2.77. The van der Waals surface area contributed by atoms with Gasteiger partial charge in [-0.2, -0.15) is 0 Å². The summed E-state index contributed by atoms with van der Waals surface area (Å²) in [5.74, 6) is 1.62. The van der Waals surface area contributed by atoms with Gasteiger partial charge < -0.3 is 10.0 Å². The molecule has 0 aromatic heterocycles. The van der Waals surface area contributed by atoms with E-state index >= 15 is 0 Å². The summed E-state index contributed by atoms with van der Waals surface area (Å²) >= 11 is 0. The Morgan fingerprint density at radius 2 is 1.96 bits per heavy atom. The molecular formula is C25H37NO2. The zero-order chi connectivity index (χ0) is 19.9. The van der Waals surface area contributed by atoms with Crippen LogP contribution < -0.4 is 0 Å². The van der Waals surface area contributed by atoms with Gasteiger partial charge in [0.1, 0.15) is 11.5 Å². The second-order valence-corrected chi connectivity index (χ2v) is 10.3. The fourth-order valence-corrected chi connectivity index (χ4v) is 6.61. The lowest BCUT2D eigenvalue weighted by Crippen LogP contribution is -2.64. The Hall–Kier alpha value is -1.35. The second-order valence-electron chi connectivity index (χ2n) is 10.3. The van der Waals surface area contributed by atoms with Crippen molar-refractivity contribution in [2.24, 2.45) is 11.3 Å². The highest BCUT2D eigenvalue weighted by atomic mass is 16.3. The summed E-state index contributed by atoms with van der Waals surface area (Å²) < 4.78 is 0. The molecule has 1 N–H and O–H groups in total. The minimum Gasteiger partial charge on any atom is -0.508 e. The number of ketones is 1. The number of piperidine rings is 1. The van der Waals surface area contributed by atoms with E-state index in [0.717, 1.165) is 44.6 Å². The maximum absolute atomic E-state index is 12.7. The van der Waals surface area contributed by atoms with Crippen molar-refractivity contribution in [3.63, 3.8) is 0 Å². The third-order valence-corrected chi connectivity index (χ3v) is 8.82. The normalized spacial score (nSPS) is 33.0. The van der Waals surface area contributed by atoms with Crippen LogP contribution in [-0.2, 0) is 16.6 Å². The molecule has 4 rings (SSSR count). The maximum Gasteiger partial charge on any atom is 0.132 e. The van der Waals surface area contributed by atoms with Crippen molar-refractivity contribution in [1.82, 2.24) is 4.90 Å². The first-order valence-corrected chi connectivity index (χ1v) is 11.4. The number of hydrogen-bond acceptors (Lipinski definition) is 3. The van der Waals surface area contributed by atoms with E-state index < -0.39 is 0 Å². The summed E-state index contributed by atoms with van der Waals surface area (Å²) in [4.78, 5) is 15.3. The summed E-state index contributed by atoms with van der Waals surface area (Å²) in [6, 6.07) is 6.40. The van der Waals surface area contributed by atoms with Crippen LogP contribution in [0.25, 0.3) is 0 Å². The molecule has 3 nitrogen and oxygen atoms in total. The zero-order valence-corrected chi connectivity index (χ0v) is 18.0. The van der Waals surface area contributed by atoms with Gasteiger partial charge in [-0.3, -0.25) is 4.79 Å². The Labute approximate surface area is 170 Å². The molecule has 0 amide bonds. The number of rotatable bonds is 6. The Morgan fingerprint density at radius 1 is 1.21 bits per heavy atom. The van der Waals surface area contributed by atoms with Gasteiger partial charge in [-0.1, -0.05) is 45.6 Å². The molecule has 0 unspecified atom stereocenters. The minimum absolute atomic E-state index is 0.0161. The Balaban J connectivity index is 1.52. The largest absolute Gasteiger partial charge is 0.508 e. The molecule has 0 radical (unpaired) electrons. The first-order valence-electron chi connectivity index (χ1n) is 11.4. The molecule has 0 spiro atoms. The van der Waals surface area contributed by atoms with Gasteiger partial charge >= 0.3 is 0 Å². The number of carbonyl (C=O) groups is 1. The van der Waals surface area contributed by atoms with Crippen LogP contribution in [0.3, 0.4) is 0 Å². The molecule has 28 heavy (non-hydrogen) atoms. The Bertz CT molecular complexity index is 738. The first-order chi connectivity index (χ1) is 13.3. The fraction of sp³-hybridized carbons (Fsp3) is 0.720. The molecule has 3 aliphatic rings. The lowest BCUT2D eigenvalue weighted by atomic mass is 9.49. The number of carbonyl (C=O) groups excluding carboxylic acids is 1. The highest BCUT2D eigenvalue weighted by Gasteiger charge is 2.57. The molecular weight excluding hydrogens is 346 g/mol. The molecule has 2 aliphatic carbocycles. The maximum atomic E-state index is 12.7. The standard InChI is InChI=1S/C25H37NO2/c1-24-14-15-26(3)23(16-19-9-11-21(28)17-22(19)24)25(24,2)13-12-20(27)10-8-18-6-4-5-7-18/h9,11,17-18,23,28H,4-8,10,12-16H2,1-3H3/t23-,24+,25-/m1/s1. The van der Waals surface area contributed by atoms with E-state index in [9.17, 15) is 9.90 Å². The molecule has 1 saturated heterocycles. The molecule has 3 heteroatoms. The van der Waals surface area contributed by atoms with E-state index in [1.807, 2.05) is 12.1 Å². The lowest BCUT2D eigenvalue weighted by molar-refractivity contribution is -0.121. The number of phenols is 1. The van der Waals surface area contributed by atoms with Crippen molar-refractivity contribution in [3.8, 4) is 5.75 Å². The van der Waals surface area contributed by atoms with Gasteiger partial charge in [0.15, 0.2) is 0 Å². The summed E-state index contributed by atoms with van der Waals surface area (Å²) in [7, 11) is 2.25. The molecule has 3 atom stereocenters. The zero-order valence-electron chi connectivity index (χ0n) is 18.0. The van der Waals surface area contributed by atoms with E-state index in [-0.39, 0.29) is 10.8 Å². The van der Waals surface area contributed by atoms with Gasteiger partial charge in [-0.15, -0.1) is 0 Å². The predicted molar refractivity (Wildman–Crippen MR) is 114 cm³/mol. The van der Waals surface area contributed by atoms with Crippen LogP contribution in [0.15, 0.2) is 18.2 Å². The summed E-state index contributed by atoms with van der Waals surface area (Å²) in [5, 5.41) is 10.1. The minimum atomic E-state index is 0.0161. The smallest absolute Gasteiger partial charge is 0.132 e. The first kappa shape index (κ1) is 19.9. The van der Waals surface area contributed by atoms with E-state index in [1.54, 1.807) is 0 Å². The highest BCUT2D eigenvalue weighted by molar-refractivity contribution is 5.78. The highest BCUT2D eigenvalue weighted by Crippen LogP contribution is 2.58. The molecule has 2 fully saturated rings. The third kappa shape index (κ3) is 3.30. The lowest BCUT2D eigenvalue weighted by Gasteiger charge is -2.62. The number of nitrogens with zero attached hydrogens (tertiary/aromatic N) is 1. The third-order valence-electron chi connectivity index (χ3n) is 8.82. The van der Waals surface area contributed by atoms with Gasteiger partial charge in [0.05, 0.1) is 0 Å². The number of phenolic OH excluding ortho intramolecular Hbond substituents is 1. The van der Waals surface area contributed by atoms with Crippen molar-refractivity contribution in [3.05, 3.63) is 29.3 Å². The monoisotopic (exact) mass is 383 g/mol. The molecule has 154 valence electrons. The Morgan fingerprint density at radius 3 is 2.71 bits per heavy atom. The average molecular weight is 384 g/mol. The molecule has 1 aromatic carbocycles. The van der Waals surface area contributed by atoms with Crippen LogP contribution in [0.5, 0.6) is 5.75 Å². The van der Waals surface area contributed by atoms with Gasteiger partial charge in [-0.05, 0) is 73.9 Å². The van der Waals surface area contributed by atoms with Crippen molar-refractivity contribution in [2.75, 3.05) is 13.6 Å². The number of likely N-dealkylation sites (tertiary alicyclic amines) is 1. The van der Waals surface area contributed by atoms with Crippen LogP contribution in [0, 0.1) is 11.3 Å². The van der Waals surface area contributed by atoms with E-state index in [1.165, 1.54) is 36.8 Å². The van der Waals surface area contributed by atoms with E-state index in [2.05, 4.69) is 31.9 Å². The topological polar surface area (TPSA) is 40.5 Å². The van der Waals surface area contributed by atoms with E-state index in [4.69, 9.17) is 0 Å². The molecule has 1 saturated carbocycles. The average Bonchev–Trinajstić information content (AvgIpc) is 3.19. The second kappa shape index (κ2) is 7.48. The van der Waals surface area contributed by atoms with Crippen molar-refractivity contribution < 1.29 is 9.90 Å². The van der Waals surface area contributed by atoms with Gasteiger partial charge in [0.2, 0.25) is 0 Å².